The van der Waals surface area contributed by atoms with Crippen molar-refractivity contribution in [1.29, 1.82) is 0 Å². The fourth-order valence-electron chi connectivity index (χ4n) is 2.25. The van der Waals surface area contributed by atoms with E-state index < -0.39 is 33.1 Å². The molecule has 1 atom stereocenters. The minimum Gasteiger partial charge on any atom is -0.280 e. The summed E-state index contributed by atoms with van der Waals surface area (Å²) in [5, 5.41) is -0.722. The molecule has 26 heavy (non-hydrogen) atoms. The van der Waals surface area contributed by atoms with Crippen LogP contribution in [-0.2, 0) is 16.9 Å². The van der Waals surface area contributed by atoms with Gasteiger partial charge in [0, 0.05) is 28.0 Å². The molecular formula is C19H13F3N2OS. The van der Waals surface area contributed by atoms with Crippen molar-refractivity contribution in [2.24, 2.45) is 4.36 Å². The molecule has 1 heterocycles. The van der Waals surface area contributed by atoms with E-state index in [1.54, 1.807) is 60.7 Å². The van der Waals surface area contributed by atoms with Crippen LogP contribution in [0.4, 0.5) is 18.9 Å². The van der Waals surface area contributed by atoms with Gasteiger partial charge in [-0.15, -0.1) is 0 Å². The summed E-state index contributed by atoms with van der Waals surface area (Å²) in [5.41, 5.74) is -0.966. The molecule has 0 saturated carbocycles. The second kappa shape index (κ2) is 7.61. The average Bonchev–Trinajstić information content (AvgIpc) is 2.66. The Morgan fingerprint density at radius 3 is 2.15 bits per heavy atom. The molecule has 3 aromatic rings. The molecule has 0 fully saturated rings. The van der Waals surface area contributed by atoms with E-state index in [0.29, 0.717) is 10.6 Å². The first-order chi connectivity index (χ1) is 12.5. The molecule has 0 saturated heterocycles. The quantitative estimate of drug-likeness (QED) is 0.613. The molecule has 0 radical (unpaired) electrons. The van der Waals surface area contributed by atoms with Gasteiger partial charge >= 0.3 is 6.18 Å². The molecule has 0 aliphatic carbocycles. The lowest BCUT2D eigenvalue weighted by Gasteiger charge is -2.13. The van der Waals surface area contributed by atoms with E-state index in [9.17, 15) is 18.0 Å². The van der Waals surface area contributed by atoms with Gasteiger partial charge in [-0.2, -0.15) is 13.2 Å². The highest BCUT2D eigenvalue weighted by Crippen LogP contribution is 2.33. The van der Waals surface area contributed by atoms with Crippen molar-refractivity contribution in [3.05, 3.63) is 90.3 Å². The summed E-state index contributed by atoms with van der Waals surface area (Å²) < 4.78 is 44.3. The Labute approximate surface area is 150 Å². The number of benzene rings is 2. The maximum Gasteiger partial charge on any atom is 0.417 e. The number of hydrogen-bond acceptors (Lipinski definition) is 3. The summed E-state index contributed by atoms with van der Waals surface area (Å²) in [4.78, 5) is 17.2. The zero-order valence-electron chi connectivity index (χ0n) is 13.4. The summed E-state index contributed by atoms with van der Waals surface area (Å²) in [7, 11) is -1.43. The highest BCUT2D eigenvalue weighted by atomic mass is 32.2. The third kappa shape index (κ3) is 4.05. The fourth-order valence-corrected chi connectivity index (χ4v) is 3.77. The van der Waals surface area contributed by atoms with Crippen molar-refractivity contribution in [2.45, 2.75) is 11.1 Å². The molecule has 3 nitrogen and oxygen atoms in total. The summed E-state index contributed by atoms with van der Waals surface area (Å²) in [5.74, 6) is 0. The van der Waals surface area contributed by atoms with E-state index in [4.69, 9.17) is 0 Å². The van der Waals surface area contributed by atoms with Gasteiger partial charge in [0.2, 0.25) is 5.12 Å². The van der Waals surface area contributed by atoms with Crippen LogP contribution in [0.2, 0.25) is 0 Å². The van der Waals surface area contributed by atoms with Crippen LogP contribution in [0.1, 0.15) is 15.9 Å². The lowest BCUT2D eigenvalue weighted by atomic mass is 10.1. The number of halogens is 3. The van der Waals surface area contributed by atoms with E-state index in [1.165, 1.54) is 0 Å². The number of hydrogen-bond donors (Lipinski definition) is 0. The van der Waals surface area contributed by atoms with E-state index in [-0.39, 0.29) is 0 Å². The van der Waals surface area contributed by atoms with Gasteiger partial charge in [0.1, 0.15) is 0 Å². The molecule has 0 spiro atoms. The topological polar surface area (TPSA) is 42.3 Å². The number of rotatable bonds is 3. The number of alkyl halides is 3. The van der Waals surface area contributed by atoms with Crippen molar-refractivity contribution >= 4 is 21.5 Å². The number of nitrogens with zero attached hydrogens (tertiary/aromatic N) is 2. The maximum atomic E-state index is 13.3. The van der Waals surface area contributed by atoms with E-state index in [0.717, 1.165) is 18.5 Å². The minimum atomic E-state index is -4.65. The van der Waals surface area contributed by atoms with Crippen LogP contribution in [0.3, 0.4) is 0 Å². The number of carbonyl (C=O) groups excluding carboxylic acids is 1. The first-order valence-corrected chi connectivity index (χ1v) is 8.77. The van der Waals surface area contributed by atoms with Gasteiger partial charge in [0.15, 0.2) is 0 Å². The monoisotopic (exact) mass is 374 g/mol. The van der Waals surface area contributed by atoms with Crippen LogP contribution in [0.15, 0.2) is 88.4 Å². The molecule has 0 amide bonds. The maximum absolute atomic E-state index is 13.3. The highest BCUT2D eigenvalue weighted by Gasteiger charge is 2.36. The molecule has 0 aliphatic heterocycles. The number of pyridine rings is 1. The van der Waals surface area contributed by atoms with Crippen LogP contribution >= 0.6 is 0 Å². The van der Waals surface area contributed by atoms with Gasteiger partial charge in [-0.3, -0.25) is 9.78 Å². The molecule has 0 N–H and O–H groups in total. The second-order valence-corrected chi connectivity index (χ2v) is 6.83. The van der Waals surface area contributed by atoms with Crippen molar-refractivity contribution in [3.63, 3.8) is 0 Å². The average molecular weight is 374 g/mol. The van der Waals surface area contributed by atoms with Crippen LogP contribution < -0.4 is 0 Å². The zero-order valence-corrected chi connectivity index (χ0v) is 14.2. The minimum absolute atomic E-state index is 0.480. The lowest BCUT2D eigenvalue weighted by molar-refractivity contribution is -0.137. The molecular weight excluding hydrogens is 361 g/mol. The van der Waals surface area contributed by atoms with Gasteiger partial charge < -0.3 is 0 Å². The Kier molecular flexibility index (Phi) is 5.27. The third-order valence-electron chi connectivity index (χ3n) is 3.44. The van der Waals surface area contributed by atoms with Crippen LogP contribution in [0.25, 0.3) is 0 Å². The summed E-state index contributed by atoms with van der Waals surface area (Å²) in [6, 6.07) is 18.1. The Balaban J connectivity index is 2.15. The molecule has 7 heteroatoms. The smallest absolute Gasteiger partial charge is 0.280 e. The standard InChI is InChI=1S/C19H13F3N2OS/c20-19(21,22)17-11-12-23-13-16(17)18(25)26(15-9-5-2-6-10-15)24-14-7-3-1-4-8-14/h1-13H. The first kappa shape index (κ1) is 18.0. The van der Waals surface area contributed by atoms with Gasteiger partial charge in [-0.1, -0.05) is 36.4 Å². The molecule has 2 aromatic carbocycles. The number of aromatic nitrogens is 1. The molecule has 132 valence electrons. The van der Waals surface area contributed by atoms with Crippen LogP contribution in [0, 0.1) is 0 Å². The molecule has 1 aromatic heterocycles. The van der Waals surface area contributed by atoms with Crippen molar-refractivity contribution in [2.75, 3.05) is 0 Å². The Morgan fingerprint density at radius 1 is 0.923 bits per heavy atom. The normalized spacial score (nSPS) is 12.7. The first-order valence-electron chi connectivity index (χ1n) is 7.58. The Hall–Kier alpha value is -2.80. The number of carbonyl (C=O) groups is 1. The second-order valence-electron chi connectivity index (χ2n) is 5.23. The van der Waals surface area contributed by atoms with Crippen LogP contribution in [-0.4, -0.2) is 10.1 Å². The largest absolute Gasteiger partial charge is 0.417 e. The molecule has 0 aliphatic rings. The predicted octanol–water partition coefficient (Wildman–Crippen LogP) is 5.43. The predicted molar refractivity (Wildman–Crippen MR) is 94.2 cm³/mol. The van der Waals surface area contributed by atoms with E-state index in [2.05, 4.69) is 9.35 Å². The van der Waals surface area contributed by atoms with Gasteiger partial charge in [0.25, 0.3) is 0 Å². The van der Waals surface area contributed by atoms with Crippen LogP contribution in [0.5, 0.6) is 0 Å². The van der Waals surface area contributed by atoms with Crippen molar-refractivity contribution < 1.29 is 18.0 Å². The van der Waals surface area contributed by atoms with E-state index in [1.807, 2.05) is 0 Å². The van der Waals surface area contributed by atoms with Gasteiger partial charge in [-0.05, 0) is 30.3 Å². The summed E-state index contributed by atoms with van der Waals surface area (Å²) >= 11 is 0. The zero-order chi connectivity index (χ0) is 18.6. The van der Waals surface area contributed by atoms with Crippen molar-refractivity contribution in [1.82, 2.24) is 4.98 Å². The Morgan fingerprint density at radius 2 is 1.54 bits per heavy atom. The third-order valence-corrected chi connectivity index (χ3v) is 5.12. The Bertz CT molecular complexity index is 942. The SMILES string of the molecule is O=C(c1cnccc1C(F)(F)F)S(=Nc1ccccc1)c1ccccc1. The van der Waals surface area contributed by atoms with Gasteiger partial charge in [-0.25, -0.2) is 4.36 Å². The molecule has 3 rings (SSSR count). The molecule has 1 unspecified atom stereocenters. The van der Waals surface area contributed by atoms with E-state index >= 15 is 0 Å². The van der Waals surface area contributed by atoms with Crippen molar-refractivity contribution in [3.8, 4) is 0 Å². The summed E-state index contributed by atoms with van der Waals surface area (Å²) in [6.45, 7) is 0. The fraction of sp³-hybridized carbons (Fsp3) is 0.0526. The molecule has 0 bridgehead atoms. The highest BCUT2D eigenvalue weighted by molar-refractivity contribution is 8.03. The van der Waals surface area contributed by atoms with Gasteiger partial charge in [0.05, 0.1) is 16.8 Å². The summed E-state index contributed by atoms with van der Waals surface area (Å²) in [6.07, 6.45) is -2.67. The lowest BCUT2D eigenvalue weighted by Crippen LogP contribution is -2.16.